The summed E-state index contributed by atoms with van der Waals surface area (Å²) >= 11 is 16.4. The molecule has 0 saturated carbocycles. The molecule has 0 spiro atoms. The Labute approximate surface area is 210 Å². The van der Waals surface area contributed by atoms with Gasteiger partial charge in [-0.3, -0.25) is 14.3 Å². The van der Waals surface area contributed by atoms with E-state index in [1.165, 1.54) is 23.0 Å². The molecule has 0 amide bonds. The van der Waals surface area contributed by atoms with E-state index in [0.29, 0.717) is 33.1 Å². The van der Waals surface area contributed by atoms with Gasteiger partial charge in [-0.15, -0.1) is 0 Å². The van der Waals surface area contributed by atoms with Crippen molar-refractivity contribution in [1.82, 2.24) is 19.8 Å². The van der Waals surface area contributed by atoms with E-state index in [1.54, 1.807) is 19.1 Å². The quantitative estimate of drug-likeness (QED) is 0.484. The molecule has 0 unspecified atom stereocenters. The average molecular weight is 574 g/mol. The van der Waals surface area contributed by atoms with E-state index in [9.17, 15) is 13.2 Å². The molecule has 176 valence electrons. The first-order valence-corrected chi connectivity index (χ1v) is 13.7. The molecule has 0 radical (unpaired) electrons. The number of benzene rings is 2. The van der Waals surface area contributed by atoms with Gasteiger partial charge >= 0.3 is 0 Å². The molecule has 33 heavy (non-hydrogen) atoms. The molecule has 11 heteroatoms. The number of halogens is 3. The van der Waals surface area contributed by atoms with Gasteiger partial charge < -0.3 is 5.32 Å². The normalized spacial score (nSPS) is 15.3. The Morgan fingerprint density at radius 3 is 2.58 bits per heavy atom. The van der Waals surface area contributed by atoms with Gasteiger partial charge in [0.1, 0.15) is 0 Å². The first-order chi connectivity index (χ1) is 15.7. The summed E-state index contributed by atoms with van der Waals surface area (Å²) in [7, 11) is -3.49. The van der Waals surface area contributed by atoms with Crippen LogP contribution in [0.3, 0.4) is 0 Å². The van der Waals surface area contributed by atoms with Crippen LogP contribution < -0.4 is 10.9 Å². The minimum absolute atomic E-state index is 0.0225. The van der Waals surface area contributed by atoms with Gasteiger partial charge in [0.25, 0.3) is 5.56 Å². The van der Waals surface area contributed by atoms with Gasteiger partial charge in [-0.2, -0.15) is 0 Å². The highest BCUT2D eigenvalue weighted by atomic mass is 79.9. The molecule has 1 aliphatic heterocycles. The van der Waals surface area contributed by atoms with E-state index < -0.39 is 9.84 Å². The largest absolute Gasteiger partial charge is 0.314 e. The zero-order chi connectivity index (χ0) is 23.8. The molecule has 4 rings (SSSR count). The second kappa shape index (κ2) is 10.0. The summed E-state index contributed by atoms with van der Waals surface area (Å²) in [5, 5.41) is 4.52. The second-order valence-corrected chi connectivity index (χ2v) is 11.8. The van der Waals surface area contributed by atoms with Crippen molar-refractivity contribution >= 4 is 59.9 Å². The van der Waals surface area contributed by atoms with Gasteiger partial charge in [0.15, 0.2) is 9.84 Å². The molecule has 0 bridgehead atoms. The molecule has 1 N–H and O–H groups in total. The van der Waals surface area contributed by atoms with Crippen LogP contribution in [0.15, 0.2) is 44.8 Å². The fourth-order valence-electron chi connectivity index (χ4n) is 3.94. The smallest absolute Gasteiger partial charge is 0.261 e. The molecule has 1 fully saturated rings. The maximum atomic E-state index is 13.3. The van der Waals surface area contributed by atoms with Crippen molar-refractivity contribution in [3.05, 3.63) is 66.6 Å². The number of fused-ring (bicyclic) bond motifs is 1. The standard InChI is InChI=1S/C22H23BrCl2N4O3S/c1-2-33(31,32)19-4-3-15(24)9-14(19)11-29-13-27-21-16(22(29)30)10-18(23)17(20(21)25)12-28-7-5-26-6-8-28/h3-4,9-10,13,26H,2,5-8,11-12H2,1H3. The molecule has 3 aromatic rings. The summed E-state index contributed by atoms with van der Waals surface area (Å²) in [6.45, 7) is 5.93. The van der Waals surface area contributed by atoms with Gasteiger partial charge in [0.05, 0.1) is 39.4 Å². The highest BCUT2D eigenvalue weighted by molar-refractivity contribution is 9.10. The molecular weight excluding hydrogens is 551 g/mol. The third-order valence-electron chi connectivity index (χ3n) is 5.77. The molecule has 1 aliphatic rings. The summed E-state index contributed by atoms with van der Waals surface area (Å²) in [6, 6.07) is 6.32. The number of sulfone groups is 1. The maximum Gasteiger partial charge on any atom is 0.261 e. The molecule has 7 nitrogen and oxygen atoms in total. The number of nitrogens with one attached hydrogen (secondary N) is 1. The van der Waals surface area contributed by atoms with Crippen LogP contribution in [-0.4, -0.2) is 54.8 Å². The Bertz CT molecular complexity index is 1370. The van der Waals surface area contributed by atoms with Crippen LogP contribution in [0.1, 0.15) is 18.1 Å². The van der Waals surface area contributed by atoms with Crippen LogP contribution in [0.4, 0.5) is 0 Å². The molecule has 2 heterocycles. The molecular formula is C22H23BrCl2N4O3S. The third kappa shape index (κ3) is 5.13. The second-order valence-electron chi connectivity index (χ2n) is 7.91. The van der Waals surface area contributed by atoms with Crippen LogP contribution in [0.5, 0.6) is 0 Å². The molecule has 2 aromatic carbocycles. The van der Waals surface area contributed by atoms with Crippen molar-refractivity contribution in [2.24, 2.45) is 0 Å². The Morgan fingerprint density at radius 1 is 1.15 bits per heavy atom. The average Bonchev–Trinajstić information content (AvgIpc) is 2.79. The maximum absolute atomic E-state index is 13.3. The van der Waals surface area contributed by atoms with Gasteiger partial charge in [-0.05, 0) is 29.8 Å². The van der Waals surface area contributed by atoms with E-state index in [0.717, 1.165) is 36.2 Å². The van der Waals surface area contributed by atoms with Gasteiger partial charge in [-0.1, -0.05) is 46.1 Å². The van der Waals surface area contributed by atoms with E-state index in [2.05, 4.69) is 31.1 Å². The van der Waals surface area contributed by atoms with E-state index >= 15 is 0 Å². The molecule has 1 aromatic heterocycles. The van der Waals surface area contributed by atoms with E-state index in [-0.39, 0.29) is 22.8 Å². The number of piperazine rings is 1. The Hall–Kier alpha value is -1.49. The predicted octanol–water partition coefficient (Wildman–Crippen LogP) is 3.71. The summed E-state index contributed by atoms with van der Waals surface area (Å²) in [5.41, 5.74) is 1.45. The van der Waals surface area contributed by atoms with Crippen molar-refractivity contribution in [3.63, 3.8) is 0 Å². The fraction of sp³-hybridized carbons (Fsp3) is 0.364. The van der Waals surface area contributed by atoms with Crippen molar-refractivity contribution in [2.75, 3.05) is 31.9 Å². The number of aromatic nitrogens is 2. The first-order valence-electron chi connectivity index (χ1n) is 10.5. The SMILES string of the molecule is CCS(=O)(=O)c1ccc(Cl)cc1Cn1cnc2c(Cl)c(CN3CCNCC3)c(Br)cc2c1=O. The number of hydrogen-bond acceptors (Lipinski definition) is 6. The van der Waals surface area contributed by atoms with Crippen LogP contribution in [0.25, 0.3) is 10.9 Å². The van der Waals surface area contributed by atoms with Crippen LogP contribution in [0, 0.1) is 0 Å². The van der Waals surface area contributed by atoms with Gasteiger partial charge in [-0.25, -0.2) is 13.4 Å². The first kappa shape index (κ1) is 24.6. The van der Waals surface area contributed by atoms with Crippen LogP contribution >= 0.6 is 39.1 Å². The third-order valence-corrected chi connectivity index (χ3v) is 8.95. The van der Waals surface area contributed by atoms with Crippen LogP contribution in [0.2, 0.25) is 10.0 Å². The van der Waals surface area contributed by atoms with Crippen molar-refractivity contribution < 1.29 is 8.42 Å². The highest BCUT2D eigenvalue weighted by Crippen LogP contribution is 2.32. The topological polar surface area (TPSA) is 84.3 Å². The zero-order valence-corrected chi connectivity index (χ0v) is 21.9. The summed E-state index contributed by atoms with van der Waals surface area (Å²) < 4.78 is 27.2. The van der Waals surface area contributed by atoms with Gasteiger partial charge in [0, 0.05) is 47.8 Å². The fourth-order valence-corrected chi connectivity index (χ4v) is 6.22. The minimum Gasteiger partial charge on any atom is -0.314 e. The lowest BCUT2D eigenvalue weighted by molar-refractivity contribution is 0.233. The van der Waals surface area contributed by atoms with Crippen molar-refractivity contribution in [3.8, 4) is 0 Å². The molecule has 1 saturated heterocycles. The lowest BCUT2D eigenvalue weighted by Crippen LogP contribution is -2.43. The lowest BCUT2D eigenvalue weighted by Gasteiger charge is -2.28. The van der Waals surface area contributed by atoms with E-state index in [4.69, 9.17) is 23.2 Å². The summed E-state index contributed by atoms with van der Waals surface area (Å²) in [4.78, 5) is 20.2. The molecule has 0 atom stereocenters. The lowest BCUT2D eigenvalue weighted by atomic mass is 10.1. The minimum atomic E-state index is -3.49. The predicted molar refractivity (Wildman–Crippen MR) is 135 cm³/mol. The monoisotopic (exact) mass is 572 g/mol. The van der Waals surface area contributed by atoms with Crippen LogP contribution in [-0.2, 0) is 22.9 Å². The molecule has 0 aliphatic carbocycles. The highest BCUT2D eigenvalue weighted by Gasteiger charge is 2.21. The Balaban J connectivity index is 1.75. The number of nitrogens with zero attached hydrogens (tertiary/aromatic N) is 3. The number of hydrogen-bond donors (Lipinski definition) is 1. The van der Waals surface area contributed by atoms with Crippen molar-refractivity contribution in [1.29, 1.82) is 0 Å². The Morgan fingerprint density at radius 2 is 1.88 bits per heavy atom. The summed E-state index contributed by atoms with van der Waals surface area (Å²) in [5.74, 6) is -0.0507. The van der Waals surface area contributed by atoms with E-state index in [1.807, 2.05) is 0 Å². The Kier molecular flexibility index (Phi) is 7.47. The summed E-state index contributed by atoms with van der Waals surface area (Å²) in [6.07, 6.45) is 1.41. The van der Waals surface area contributed by atoms with Gasteiger partial charge in [0.2, 0.25) is 0 Å². The zero-order valence-electron chi connectivity index (χ0n) is 17.9. The van der Waals surface area contributed by atoms with Crippen molar-refractivity contribution in [2.45, 2.75) is 24.9 Å². The number of rotatable bonds is 6.